The van der Waals surface area contributed by atoms with Gasteiger partial charge in [-0.15, -0.1) is 0 Å². The van der Waals surface area contributed by atoms with Crippen molar-refractivity contribution in [1.82, 2.24) is 15.5 Å². The van der Waals surface area contributed by atoms with E-state index >= 15 is 0 Å². The molecule has 0 heterocycles. The molecule has 1 fully saturated rings. The number of likely N-dealkylation sites (N-methyl/N-ethyl adjacent to an activating group) is 1. The molecule has 1 saturated carbocycles. The van der Waals surface area contributed by atoms with Crippen LogP contribution in [0, 0.1) is 17.0 Å². The third-order valence-electron chi connectivity index (χ3n) is 5.77. The topological polar surface area (TPSA) is 48.9 Å². The Labute approximate surface area is 167 Å². The summed E-state index contributed by atoms with van der Waals surface area (Å²) in [7, 11) is 7.07. The summed E-state index contributed by atoms with van der Waals surface area (Å²) in [5.41, 5.74) is 0.300. The molecular formula is C21H34F2N4O. The molecular weight excluding hydrogens is 362 g/mol. The van der Waals surface area contributed by atoms with Gasteiger partial charge < -0.3 is 20.3 Å². The maximum atomic E-state index is 14.2. The van der Waals surface area contributed by atoms with Crippen LogP contribution in [0.5, 0.6) is 0 Å². The van der Waals surface area contributed by atoms with E-state index in [0.717, 1.165) is 19.6 Å². The lowest BCUT2D eigenvalue weighted by atomic mass is 9.83. The van der Waals surface area contributed by atoms with Gasteiger partial charge in [-0.05, 0) is 50.9 Å². The summed E-state index contributed by atoms with van der Waals surface area (Å²) in [6.45, 7) is 1.91. The van der Waals surface area contributed by atoms with Gasteiger partial charge in [0.05, 0.1) is 6.04 Å². The molecule has 0 amide bonds. The van der Waals surface area contributed by atoms with Crippen LogP contribution in [0.15, 0.2) is 23.2 Å². The predicted octanol–water partition coefficient (Wildman–Crippen LogP) is 3.33. The number of aliphatic imine (C=N–C) groups is 1. The molecule has 1 aliphatic carbocycles. The number of ether oxygens (including phenoxy) is 1. The lowest BCUT2D eigenvalue weighted by Gasteiger charge is -2.31. The second-order valence-corrected chi connectivity index (χ2v) is 7.87. The van der Waals surface area contributed by atoms with Gasteiger partial charge in [0.15, 0.2) is 5.96 Å². The van der Waals surface area contributed by atoms with Crippen molar-refractivity contribution in [3.05, 3.63) is 35.4 Å². The molecule has 1 atom stereocenters. The number of nitrogens with zero attached hydrogens (tertiary/aromatic N) is 2. The summed E-state index contributed by atoms with van der Waals surface area (Å²) in [5, 5.41) is 6.65. The van der Waals surface area contributed by atoms with Crippen LogP contribution >= 0.6 is 0 Å². The Morgan fingerprint density at radius 3 is 2.39 bits per heavy atom. The van der Waals surface area contributed by atoms with E-state index < -0.39 is 17.7 Å². The second kappa shape index (κ2) is 10.7. The fraction of sp³-hybridized carbons (Fsp3) is 0.667. The van der Waals surface area contributed by atoms with E-state index in [1.165, 1.54) is 43.9 Å². The number of nitrogens with one attached hydrogen (secondary N) is 2. The van der Waals surface area contributed by atoms with Crippen LogP contribution in [-0.4, -0.2) is 58.8 Å². The zero-order valence-corrected chi connectivity index (χ0v) is 17.5. The number of hydrogen-bond donors (Lipinski definition) is 2. The first-order valence-electron chi connectivity index (χ1n) is 9.96. The van der Waals surface area contributed by atoms with Crippen molar-refractivity contribution >= 4 is 5.96 Å². The maximum absolute atomic E-state index is 14.2. The Balaban J connectivity index is 1.99. The van der Waals surface area contributed by atoms with Gasteiger partial charge in [0.2, 0.25) is 0 Å². The van der Waals surface area contributed by atoms with Crippen molar-refractivity contribution in [2.75, 3.05) is 47.9 Å². The number of guanidine groups is 1. The lowest BCUT2D eigenvalue weighted by Crippen LogP contribution is -2.45. The number of methoxy groups -OCH3 is 1. The minimum Gasteiger partial charge on any atom is -0.385 e. The molecule has 1 aliphatic rings. The Bertz CT molecular complexity index is 625. The summed E-state index contributed by atoms with van der Waals surface area (Å²) in [6.07, 6.45) is 5.87. The first-order valence-corrected chi connectivity index (χ1v) is 9.96. The standard InChI is InChI=1S/C21H34F2N4O/c1-24-20(26-15-21(12-13-28-4)10-5-6-11-21)25-14-18(27(2)3)19-16(22)8-7-9-17(19)23/h7-9,18H,5-6,10-15H2,1-4H3,(H2,24,25,26). The molecule has 5 nitrogen and oxygen atoms in total. The molecule has 0 aromatic heterocycles. The highest BCUT2D eigenvalue weighted by Gasteiger charge is 2.33. The van der Waals surface area contributed by atoms with Gasteiger partial charge in [-0.25, -0.2) is 8.78 Å². The van der Waals surface area contributed by atoms with Crippen molar-refractivity contribution in [2.45, 2.75) is 38.1 Å². The van der Waals surface area contributed by atoms with Crippen LogP contribution in [0.1, 0.15) is 43.7 Å². The normalized spacial score (nSPS) is 17.8. The van der Waals surface area contributed by atoms with Crippen LogP contribution in [-0.2, 0) is 4.74 Å². The molecule has 0 aliphatic heterocycles. The molecule has 0 spiro atoms. The Morgan fingerprint density at radius 1 is 1.21 bits per heavy atom. The van der Waals surface area contributed by atoms with E-state index in [1.54, 1.807) is 19.1 Å². The third-order valence-corrected chi connectivity index (χ3v) is 5.77. The molecule has 7 heteroatoms. The van der Waals surface area contributed by atoms with Crippen molar-refractivity contribution in [3.63, 3.8) is 0 Å². The molecule has 0 bridgehead atoms. The quantitative estimate of drug-likeness (QED) is 0.497. The van der Waals surface area contributed by atoms with Crippen molar-refractivity contribution in [1.29, 1.82) is 0 Å². The van der Waals surface area contributed by atoms with Gasteiger partial charge in [-0.3, -0.25) is 4.99 Å². The highest BCUT2D eigenvalue weighted by molar-refractivity contribution is 5.79. The van der Waals surface area contributed by atoms with Gasteiger partial charge in [-0.2, -0.15) is 0 Å². The van der Waals surface area contributed by atoms with Gasteiger partial charge in [0.1, 0.15) is 11.6 Å². The average Bonchev–Trinajstić information content (AvgIpc) is 3.13. The summed E-state index contributed by atoms with van der Waals surface area (Å²) < 4.78 is 33.8. The molecule has 1 unspecified atom stereocenters. The zero-order chi connectivity index (χ0) is 20.6. The largest absolute Gasteiger partial charge is 0.385 e. The average molecular weight is 397 g/mol. The molecule has 28 heavy (non-hydrogen) atoms. The van der Waals surface area contributed by atoms with Crippen molar-refractivity contribution < 1.29 is 13.5 Å². The third kappa shape index (κ3) is 5.88. The fourth-order valence-electron chi connectivity index (χ4n) is 4.02. The summed E-state index contributed by atoms with van der Waals surface area (Å²) >= 11 is 0. The second-order valence-electron chi connectivity index (χ2n) is 7.87. The van der Waals surface area contributed by atoms with E-state index in [9.17, 15) is 8.78 Å². The van der Waals surface area contributed by atoms with E-state index in [1.807, 2.05) is 14.1 Å². The Morgan fingerprint density at radius 2 is 1.86 bits per heavy atom. The van der Waals surface area contributed by atoms with Crippen molar-refractivity contribution in [3.8, 4) is 0 Å². The van der Waals surface area contributed by atoms with E-state index in [4.69, 9.17) is 4.74 Å². The highest BCUT2D eigenvalue weighted by atomic mass is 19.1. The molecule has 0 saturated heterocycles. The van der Waals surface area contributed by atoms with Crippen molar-refractivity contribution in [2.24, 2.45) is 10.4 Å². The zero-order valence-electron chi connectivity index (χ0n) is 17.5. The van der Waals surface area contributed by atoms with E-state index in [0.29, 0.717) is 12.5 Å². The first kappa shape index (κ1) is 22.6. The lowest BCUT2D eigenvalue weighted by molar-refractivity contribution is 0.138. The molecule has 1 aromatic carbocycles. The summed E-state index contributed by atoms with van der Waals surface area (Å²) in [6, 6.07) is 3.52. The Hall–Kier alpha value is -1.73. The first-order chi connectivity index (χ1) is 13.4. The monoisotopic (exact) mass is 396 g/mol. The number of hydrogen-bond acceptors (Lipinski definition) is 3. The molecule has 0 radical (unpaired) electrons. The maximum Gasteiger partial charge on any atom is 0.191 e. The van der Waals surface area contributed by atoms with Crippen LogP contribution < -0.4 is 10.6 Å². The van der Waals surface area contributed by atoms with Crippen LogP contribution in [0.3, 0.4) is 0 Å². The smallest absolute Gasteiger partial charge is 0.191 e. The molecule has 2 N–H and O–H groups in total. The van der Waals surface area contributed by atoms with Gasteiger partial charge in [0, 0.05) is 39.4 Å². The highest BCUT2D eigenvalue weighted by Crippen LogP contribution is 2.40. The number of halogens is 2. The van der Waals surface area contributed by atoms with E-state index in [-0.39, 0.29) is 11.0 Å². The molecule has 2 rings (SSSR count). The van der Waals surface area contributed by atoms with Gasteiger partial charge >= 0.3 is 0 Å². The Kier molecular flexibility index (Phi) is 8.63. The summed E-state index contributed by atoms with van der Waals surface area (Å²) in [5.74, 6) is -0.423. The number of benzene rings is 1. The van der Waals surface area contributed by atoms with Crippen LogP contribution in [0.4, 0.5) is 8.78 Å². The SMILES string of the molecule is CN=C(NCC(c1c(F)cccc1F)N(C)C)NCC1(CCOC)CCCC1. The molecule has 158 valence electrons. The number of rotatable bonds is 9. The molecule has 1 aromatic rings. The van der Waals surface area contributed by atoms with Gasteiger partial charge in [-0.1, -0.05) is 18.9 Å². The van der Waals surface area contributed by atoms with Crippen LogP contribution in [0.25, 0.3) is 0 Å². The predicted molar refractivity (Wildman–Crippen MR) is 110 cm³/mol. The van der Waals surface area contributed by atoms with Crippen LogP contribution in [0.2, 0.25) is 0 Å². The summed E-state index contributed by atoms with van der Waals surface area (Å²) in [4.78, 5) is 6.09. The van der Waals surface area contributed by atoms with E-state index in [2.05, 4.69) is 15.6 Å². The fourth-order valence-corrected chi connectivity index (χ4v) is 4.02. The minimum atomic E-state index is -0.534. The minimum absolute atomic E-state index is 0.0720. The van der Waals surface area contributed by atoms with Gasteiger partial charge in [0.25, 0.3) is 0 Å².